The minimum absolute atomic E-state index is 0.226. The number of hydrogen-bond acceptors (Lipinski definition) is 4. The molecule has 1 atom stereocenters. The molecule has 0 saturated heterocycles. The highest BCUT2D eigenvalue weighted by Crippen LogP contribution is 2.22. The van der Waals surface area contributed by atoms with E-state index >= 15 is 0 Å². The highest BCUT2D eigenvalue weighted by atomic mass is 32.1. The zero-order valence-corrected chi connectivity index (χ0v) is 11.3. The number of hydrogen-bond donors (Lipinski definition) is 1. The number of thiophene rings is 1. The van der Waals surface area contributed by atoms with E-state index in [9.17, 15) is 9.59 Å². The maximum atomic E-state index is 11.8. The third-order valence-corrected chi connectivity index (χ3v) is 3.85. The molecule has 0 fully saturated rings. The monoisotopic (exact) mass is 255 g/mol. The lowest BCUT2D eigenvalue weighted by Gasteiger charge is -2.10. The number of nitrogens with one attached hydrogen (secondary N) is 1. The molecule has 0 spiro atoms. The maximum Gasteiger partial charge on any atom is 0.328 e. The van der Waals surface area contributed by atoms with Crippen molar-refractivity contribution < 1.29 is 14.3 Å². The van der Waals surface area contributed by atoms with Crippen LogP contribution in [0, 0.1) is 6.92 Å². The Morgan fingerprint density at radius 1 is 1.53 bits per heavy atom. The Morgan fingerprint density at radius 3 is 2.65 bits per heavy atom. The van der Waals surface area contributed by atoms with Crippen LogP contribution in [0.1, 0.15) is 34.0 Å². The number of carbonyl (C=O) groups is 2. The number of amides is 1. The molecule has 17 heavy (non-hydrogen) atoms. The van der Waals surface area contributed by atoms with Crippen molar-refractivity contribution in [3.05, 3.63) is 21.4 Å². The van der Waals surface area contributed by atoms with Gasteiger partial charge in [0.15, 0.2) is 0 Å². The van der Waals surface area contributed by atoms with Gasteiger partial charge in [-0.2, -0.15) is 0 Å². The lowest BCUT2D eigenvalue weighted by atomic mass is 10.2. The Hall–Kier alpha value is -1.36. The second-order valence-corrected chi connectivity index (χ2v) is 4.93. The van der Waals surface area contributed by atoms with Gasteiger partial charge in [-0.1, -0.05) is 6.92 Å². The third-order valence-electron chi connectivity index (χ3n) is 2.47. The highest BCUT2D eigenvalue weighted by Gasteiger charge is 2.18. The Labute approximate surface area is 105 Å². The predicted octanol–water partition coefficient (Wildman–Crippen LogP) is 1.91. The number of aryl methyl sites for hydroxylation is 2. The molecular formula is C12H17NO3S. The molecule has 1 amide bonds. The number of esters is 1. The summed E-state index contributed by atoms with van der Waals surface area (Å²) in [5.74, 6) is -0.668. The SMILES string of the molecule is CCc1sc(C(=O)NC(C)C(=O)OC)cc1C. The molecule has 4 nitrogen and oxygen atoms in total. The van der Waals surface area contributed by atoms with Crippen LogP contribution in [-0.2, 0) is 16.0 Å². The van der Waals surface area contributed by atoms with Crippen LogP contribution < -0.4 is 5.32 Å². The maximum absolute atomic E-state index is 11.8. The first-order valence-corrected chi connectivity index (χ1v) is 6.29. The fourth-order valence-electron chi connectivity index (χ4n) is 1.49. The zero-order chi connectivity index (χ0) is 13.0. The molecule has 0 radical (unpaired) electrons. The number of methoxy groups -OCH3 is 1. The van der Waals surface area contributed by atoms with Gasteiger partial charge in [0, 0.05) is 4.88 Å². The van der Waals surface area contributed by atoms with Gasteiger partial charge in [0.05, 0.1) is 12.0 Å². The molecule has 0 bridgehead atoms. The van der Waals surface area contributed by atoms with E-state index < -0.39 is 12.0 Å². The molecule has 0 saturated carbocycles. The van der Waals surface area contributed by atoms with Crippen molar-refractivity contribution in [2.75, 3.05) is 7.11 Å². The molecule has 1 heterocycles. The van der Waals surface area contributed by atoms with Crippen LogP contribution in [0.2, 0.25) is 0 Å². The van der Waals surface area contributed by atoms with Gasteiger partial charge in [-0.05, 0) is 31.9 Å². The Kier molecular flexibility index (Phi) is 4.69. The van der Waals surface area contributed by atoms with Crippen molar-refractivity contribution in [1.82, 2.24) is 5.32 Å². The van der Waals surface area contributed by atoms with Crippen molar-refractivity contribution in [1.29, 1.82) is 0 Å². The summed E-state index contributed by atoms with van der Waals surface area (Å²) in [5, 5.41) is 2.61. The molecule has 1 N–H and O–H groups in total. The number of carbonyl (C=O) groups excluding carboxylic acids is 2. The smallest absolute Gasteiger partial charge is 0.328 e. The summed E-state index contributed by atoms with van der Waals surface area (Å²) in [4.78, 5) is 24.9. The van der Waals surface area contributed by atoms with Gasteiger partial charge in [0.1, 0.15) is 6.04 Å². The van der Waals surface area contributed by atoms with Crippen LogP contribution in [0.25, 0.3) is 0 Å². The average Bonchev–Trinajstić information content (AvgIpc) is 2.69. The summed E-state index contributed by atoms with van der Waals surface area (Å²) in [6, 6.07) is 1.23. The molecule has 5 heteroatoms. The second-order valence-electron chi connectivity index (χ2n) is 3.79. The van der Waals surface area contributed by atoms with Crippen LogP contribution in [0.15, 0.2) is 6.07 Å². The summed E-state index contributed by atoms with van der Waals surface area (Å²) in [6.07, 6.45) is 0.913. The van der Waals surface area contributed by atoms with Crippen molar-refractivity contribution in [2.45, 2.75) is 33.2 Å². The first-order valence-electron chi connectivity index (χ1n) is 5.47. The third kappa shape index (κ3) is 3.30. The quantitative estimate of drug-likeness (QED) is 0.836. The highest BCUT2D eigenvalue weighted by molar-refractivity contribution is 7.14. The number of rotatable bonds is 4. The van der Waals surface area contributed by atoms with Gasteiger partial charge >= 0.3 is 5.97 Å². The number of ether oxygens (including phenoxy) is 1. The molecular weight excluding hydrogens is 238 g/mol. The summed E-state index contributed by atoms with van der Waals surface area (Å²) in [7, 11) is 1.30. The van der Waals surface area contributed by atoms with Crippen LogP contribution >= 0.6 is 11.3 Å². The molecule has 0 aliphatic rings. The molecule has 1 rings (SSSR count). The van der Waals surface area contributed by atoms with Gasteiger partial charge in [-0.25, -0.2) is 4.79 Å². The minimum atomic E-state index is -0.625. The van der Waals surface area contributed by atoms with Crippen LogP contribution in [0.5, 0.6) is 0 Å². The molecule has 1 unspecified atom stereocenters. The first kappa shape index (κ1) is 13.7. The van der Waals surface area contributed by atoms with E-state index in [0.29, 0.717) is 4.88 Å². The lowest BCUT2D eigenvalue weighted by Crippen LogP contribution is -2.38. The van der Waals surface area contributed by atoms with E-state index in [4.69, 9.17) is 0 Å². The topological polar surface area (TPSA) is 55.4 Å². The Balaban J connectivity index is 2.73. The van der Waals surface area contributed by atoms with Crippen molar-refractivity contribution in [3.8, 4) is 0 Å². The van der Waals surface area contributed by atoms with Gasteiger partial charge in [0.2, 0.25) is 0 Å². The summed E-state index contributed by atoms with van der Waals surface area (Å²) in [6.45, 7) is 5.64. The molecule has 1 aromatic rings. The normalized spacial score (nSPS) is 12.0. The molecule has 1 aromatic heterocycles. The summed E-state index contributed by atoms with van der Waals surface area (Å²) < 4.78 is 4.55. The first-order chi connectivity index (χ1) is 7.99. The summed E-state index contributed by atoms with van der Waals surface area (Å²) >= 11 is 1.46. The second kappa shape index (κ2) is 5.82. The lowest BCUT2D eigenvalue weighted by molar-refractivity contribution is -0.142. The molecule has 0 aliphatic heterocycles. The van der Waals surface area contributed by atoms with Crippen LogP contribution in [0.3, 0.4) is 0 Å². The predicted molar refractivity (Wildman–Crippen MR) is 67.4 cm³/mol. The fraction of sp³-hybridized carbons (Fsp3) is 0.500. The zero-order valence-electron chi connectivity index (χ0n) is 10.5. The van der Waals surface area contributed by atoms with E-state index in [2.05, 4.69) is 17.0 Å². The van der Waals surface area contributed by atoms with Gasteiger partial charge in [-0.15, -0.1) is 11.3 Å². The van der Waals surface area contributed by atoms with Crippen molar-refractivity contribution in [2.24, 2.45) is 0 Å². The largest absolute Gasteiger partial charge is 0.467 e. The van der Waals surface area contributed by atoms with Crippen molar-refractivity contribution >= 4 is 23.2 Å². The molecule has 94 valence electrons. The van der Waals surface area contributed by atoms with Gasteiger partial charge in [0.25, 0.3) is 5.91 Å². The Bertz CT molecular complexity index is 425. The Morgan fingerprint density at radius 2 is 2.18 bits per heavy atom. The van der Waals surface area contributed by atoms with Crippen molar-refractivity contribution in [3.63, 3.8) is 0 Å². The van der Waals surface area contributed by atoms with Crippen LogP contribution in [0.4, 0.5) is 0 Å². The van der Waals surface area contributed by atoms with E-state index in [0.717, 1.165) is 12.0 Å². The van der Waals surface area contributed by atoms with Gasteiger partial charge < -0.3 is 10.1 Å². The van der Waals surface area contributed by atoms with E-state index in [-0.39, 0.29) is 5.91 Å². The van der Waals surface area contributed by atoms with E-state index in [1.807, 2.05) is 13.0 Å². The van der Waals surface area contributed by atoms with E-state index in [1.54, 1.807) is 6.92 Å². The fourth-order valence-corrected chi connectivity index (χ4v) is 2.50. The van der Waals surface area contributed by atoms with Gasteiger partial charge in [-0.3, -0.25) is 4.79 Å². The average molecular weight is 255 g/mol. The van der Waals surface area contributed by atoms with Crippen LogP contribution in [-0.4, -0.2) is 25.0 Å². The minimum Gasteiger partial charge on any atom is -0.467 e. The molecule has 0 aromatic carbocycles. The van der Waals surface area contributed by atoms with E-state index in [1.165, 1.54) is 23.3 Å². The standard InChI is InChI=1S/C12H17NO3S/c1-5-9-7(2)6-10(17-9)11(14)13-8(3)12(15)16-4/h6,8H,5H2,1-4H3,(H,13,14). The molecule has 0 aliphatic carbocycles. The summed E-state index contributed by atoms with van der Waals surface area (Å²) in [5.41, 5.74) is 1.12.